The summed E-state index contributed by atoms with van der Waals surface area (Å²) in [7, 11) is 0. The quantitative estimate of drug-likeness (QED) is 0.547. The van der Waals surface area contributed by atoms with Gasteiger partial charge in [0, 0.05) is 44.7 Å². The number of hydrogen-bond acceptors (Lipinski definition) is 3. The van der Waals surface area contributed by atoms with Gasteiger partial charge in [-0.3, -0.25) is 14.6 Å². The Hall–Kier alpha value is -1.38. The van der Waals surface area contributed by atoms with Crippen molar-refractivity contribution in [3.8, 4) is 0 Å². The normalized spacial score (nSPS) is 25.5. The highest BCUT2D eigenvalue weighted by atomic mass is 35.5. The van der Waals surface area contributed by atoms with Gasteiger partial charge >= 0.3 is 0 Å². The van der Waals surface area contributed by atoms with E-state index in [9.17, 15) is 22.4 Å². The third-order valence-electron chi connectivity index (χ3n) is 6.18. The Morgan fingerprint density at radius 1 is 1.23 bits per heavy atom. The van der Waals surface area contributed by atoms with Gasteiger partial charge in [0.2, 0.25) is 5.91 Å². The third-order valence-corrected chi connectivity index (χ3v) is 6.53. The number of piperazine rings is 1. The van der Waals surface area contributed by atoms with Crippen LogP contribution in [0, 0.1) is 11.6 Å². The molecule has 2 aliphatic rings. The fraction of sp³-hybridized carbons (Fsp3) is 0.667. The lowest BCUT2D eigenvalue weighted by Gasteiger charge is -2.47. The zero-order valence-corrected chi connectivity index (χ0v) is 18.0. The van der Waals surface area contributed by atoms with Gasteiger partial charge in [0.1, 0.15) is 22.7 Å². The monoisotopic (exact) mass is 449 g/mol. The van der Waals surface area contributed by atoms with Crippen molar-refractivity contribution >= 4 is 17.5 Å². The maximum atomic E-state index is 14.8. The molecular formula is C21H28ClF4N3O. The largest absolute Gasteiger partial charge is 0.345 e. The van der Waals surface area contributed by atoms with Gasteiger partial charge in [-0.2, -0.15) is 0 Å². The zero-order valence-electron chi connectivity index (χ0n) is 17.2. The van der Waals surface area contributed by atoms with Crippen molar-refractivity contribution in [1.29, 1.82) is 0 Å². The highest BCUT2D eigenvalue weighted by Gasteiger charge is 2.49. The highest BCUT2D eigenvalue weighted by molar-refractivity contribution is 6.31. The lowest BCUT2D eigenvalue weighted by atomic mass is 9.85. The number of amides is 1. The molecule has 1 aromatic rings. The number of halogens is 5. The van der Waals surface area contributed by atoms with Crippen LogP contribution in [0.2, 0.25) is 5.02 Å². The number of carbonyl (C=O) groups excluding carboxylic acids is 1. The predicted molar refractivity (Wildman–Crippen MR) is 108 cm³/mol. The Morgan fingerprint density at radius 2 is 1.90 bits per heavy atom. The van der Waals surface area contributed by atoms with Crippen LogP contribution < -0.4 is 5.32 Å². The molecule has 1 aliphatic carbocycles. The van der Waals surface area contributed by atoms with Crippen molar-refractivity contribution in [2.45, 2.75) is 63.6 Å². The minimum absolute atomic E-state index is 0.125. The molecule has 0 aromatic heterocycles. The first kappa shape index (κ1) is 23.3. The molecule has 168 valence electrons. The first-order valence-electron chi connectivity index (χ1n) is 10.4. The van der Waals surface area contributed by atoms with Crippen molar-refractivity contribution in [2.24, 2.45) is 0 Å². The molecule has 3 rings (SSSR count). The van der Waals surface area contributed by atoms with E-state index in [1.54, 1.807) is 0 Å². The average Bonchev–Trinajstić information content (AvgIpc) is 2.70. The topological polar surface area (TPSA) is 35.6 Å². The van der Waals surface area contributed by atoms with E-state index in [0.29, 0.717) is 32.0 Å². The second-order valence-electron chi connectivity index (χ2n) is 8.44. The van der Waals surface area contributed by atoms with Crippen LogP contribution >= 0.6 is 11.6 Å². The lowest BCUT2D eigenvalue weighted by molar-refractivity contribution is -0.133. The first-order valence-corrected chi connectivity index (χ1v) is 10.8. The molecule has 0 spiro atoms. The van der Waals surface area contributed by atoms with E-state index in [0.717, 1.165) is 25.2 Å². The van der Waals surface area contributed by atoms with Crippen LogP contribution in [0.3, 0.4) is 0 Å². The van der Waals surface area contributed by atoms with E-state index in [-0.39, 0.29) is 12.0 Å². The summed E-state index contributed by atoms with van der Waals surface area (Å²) in [6.07, 6.45) is 0.180. The Morgan fingerprint density at radius 3 is 2.53 bits per heavy atom. The van der Waals surface area contributed by atoms with Gasteiger partial charge in [0.05, 0.1) is 6.42 Å². The number of carbonyl (C=O) groups is 1. The maximum absolute atomic E-state index is 14.8. The van der Waals surface area contributed by atoms with Gasteiger partial charge in [-0.15, -0.1) is 0 Å². The van der Waals surface area contributed by atoms with Crippen LogP contribution in [0.25, 0.3) is 0 Å². The summed E-state index contributed by atoms with van der Waals surface area (Å²) in [5, 5.41) is 1.75. The Kier molecular flexibility index (Phi) is 7.30. The molecule has 1 aromatic carbocycles. The van der Waals surface area contributed by atoms with Gasteiger partial charge in [-0.05, 0) is 38.3 Å². The van der Waals surface area contributed by atoms with Gasteiger partial charge in [0.25, 0.3) is 5.92 Å². The summed E-state index contributed by atoms with van der Waals surface area (Å²) in [6, 6.07) is 0.641. The molecule has 1 N–H and O–H groups in total. The van der Waals surface area contributed by atoms with E-state index >= 15 is 0 Å². The fourth-order valence-electron chi connectivity index (χ4n) is 4.43. The molecule has 1 saturated heterocycles. The van der Waals surface area contributed by atoms with Crippen molar-refractivity contribution in [3.05, 3.63) is 34.4 Å². The molecule has 4 nitrogen and oxygen atoms in total. The van der Waals surface area contributed by atoms with Gasteiger partial charge in [-0.25, -0.2) is 17.6 Å². The lowest BCUT2D eigenvalue weighted by Crippen LogP contribution is -2.64. The van der Waals surface area contributed by atoms with Crippen LogP contribution in [-0.2, 0) is 11.2 Å². The molecule has 0 bridgehead atoms. The number of rotatable bonds is 5. The summed E-state index contributed by atoms with van der Waals surface area (Å²) in [5.74, 6) is -5.75. The summed E-state index contributed by atoms with van der Waals surface area (Å²) < 4.78 is 57.0. The molecule has 30 heavy (non-hydrogen) atoms. The van der Waals surface area contributed by atoms with Crippen LogP contribution in [-0.4, -0.2) is 65.9 Å². The molecule has 1 heterocycles. The summed E-state index contributed by atoms with van der Waals surface area (Å²) in [5.41, 5.74) is -0.125. The summed E-state index contributed by atoms with van der Waals surface area (Å²) >= 11 is 5.55. The standard InChI is InChI=1S/C21H28ClF4N3O/c1-13(2)28-8-10-29(11-9-28)16-4-3-7-21(25,26)20(16)27-17(30)12-14-5-6-15(23)18(22)19(14)24/h5-6,13,16,20H,3-4,7-12H2,1-2H3,(H,27,30)/t16-,20+/m0/s1. The van der Waals surface area contributed by atoms with E-state index in [4.69, 9.17) is 11.6 Å². The van der Waals surface area contributed by atoms with E-state index in [1.165, 1.54) is 0 Å². The fourth-order valence-corrected chi connectivity index (χ4v) is 4.62. The summed E-state index contributed by atoms with van der Waals surface area (Å²) in [4.78, 5) is 16.8. The van der Waals surface area contributed by atoms with Gasteiger partial charge < -0.3 is 5.32 Å². The molecule has 9 heteroatoms. The minimum atomic E-state index is -3.05. The van der Waals surface area contributed by atoms with Crippen molar-refractivity contribution in [1.82, 2.24) is 15.1 Å². The van der Waals surface area contributed by atoms with Crippen molar-refractivity contribution in [3.63, 3.8) is 0 Å². The third kappa shape index (κ3) is 5.08. The van der Waals surface area contributed by atoms with Gasteiger partial charge in [-0.1, -0.05) is 17.7 Å². The second kappa shape index (κ2) is 9.40. The van der Waals surface area contributed by atoms with E-state index < -0.39 is 47.0 Å². The average molecular weight is 450 g/mol. The maximum Gasteiger partial charge on any atom is 0.269 e. The molecule has 2 fully saturated rings. The second-order valence-corrected chi connectivity index (χ2v) is 8.82. The molecule has 0 radical (unpaired) electrons. The zero-order chi connectivity index (χ0) is 22.1. The summed E-state index contributed by atoms with van der Waals surface area (Å²) in [6.45, 7) is 7.11. The van der Waals surface area contributed by atoms with Crippen LogP contribution in [0.5, 0.6) is 0 Å². The molecule has 0 unspecified atom stereocenters. The molecular weight excluding hydrogens is 422 g/mol. The van der Waals surface area contributed by atoms with Crippen LogP contribution in [0.4, 0.5) is 17.6 Å². The smallest absolute Gasteiger partial charge is 0.269 e. The Balaban J connectivity index is 1.70. The first-order chi connectivity index (χ1) is 14.1. The number of benzene rings is 1. The Labute approximate surface area is 179 Å². The van der Waals surface area contributed by atoms with E-state index in [1.807, 2.05) is 4.90 Å². The van der Waals surface area contributed by atoms with E-state index in [2.05, 4.69) is 24.1 Å². The molecule has 1 aliphatic heterocycles. The minimum Gasteiger partial charge on any atom is -0.345 e. The number of nitrogens with zero attached hydrogens (tertiary/aromatic N) is 2. The molecule has 1 amide bonds. The van der Waals surface area contributed by atoms with Gasteiger partial charge in [0.15, 0.2) is 0 Å². The SMILES string of the molecule is CC(C)N1CCN([C@H]2CCCC(F)(F)[C@@H]2NC(=O)Cc2ccc(F)c(Cl)c2F)CC1. The number of alkyl halides is 2. The van der Waals surface area contributed by atoms with Crippen LogP contribution in [0.1, 0.15) is 38.7 Å². The van der Waals surface area contributed by atoms with Crippen LogP contribution in [0.15, 0.2) is 12.1 Å². The number of hydrogen-bond donors (Lipinski definition) is 1. The Bertz CT molecular complexity index is 769. The molecule has 1 saturated carbocycles. The predicted octanol–water partition coefficient (Wildman–Crippen LogP) is 3.86. The van der Waals surface area contributed by atoms with Crippen molar-refractivity contribution in [2.75, 3.05) is 26.2 Å². The highest BCUT2D eigenvalue weighted by Crippen LogP contribution is 2.36. The number of nitrogens with one attached hydrogen (secondary N) is 1. The van der Waals surface area contributed by atoms with Crippen molar-refractivity contribution < 1.29 is 22.4 Å². The molecule has 2 atom stereocenters.